The molecular formula is C25H31N3O2. The van der Waals surface area contributed by atoms with Crippen molar-refractivity contribution in [3.05, 3.63) is 65.2 Å². The second-order valence-corrected chi connectivity index (χ2v) is 8.61. The fourth-order valence-corrected chi connectivity index (χ4v) is 4.33. The monoisotopic (exact) mass is 405 g/mol. The Bertz CT molecular complexity index is 931. The summed E-state index contributed by atoms with van der Waals surface area (Å²) in [5.74, 6) is 1.62. The van der Waals surface area contributed by atoms with Gasteiger partial charge in [-0.3, -0.25) is 9.69 Å². The third-order valence-corrected chi connectivity index (χ3v) is 6.23. The van der Waals surface area contributed by atoms with Crippen molar-refractivity contribution in [2.75, 3.05) is 26.7 Å². The number of carbonyl (C=O) groups excluding carboxylic acids is 1. The van der Waals surface area contributed by atoms with Crippen molar-refractivity contribution in [3.63, 3.8) is 0 Å². The Hall–Kier alpha value is -2.66. The highest BCUT2D eigenvalue weighted by Gasteiger charge is 2.34. The van der Waals surface area contributed by atoms with Gasteiger partial charge in [-0.1, -0.05) is 48.9 Å². The second kappa shape index (κ2) is 9.00. The quantitative estimate of drug-likeness (QED) is 0.740. The summed E-state index contributed by atoms with van der Waals surface area (Å²) in [6.07, 6.45) is 3.02. The lowest BCUT2D eigenvalue weighted by molar-refractivity contribution is -0.134. The molecule has 30 heavy (non-hydrogen) atoms. The number of carbonyl (C=O) groups is 1. The van der Waals surface area contributed by atoms with Crippen molar-refractivity contribution in [3.8, 4) is 5.75 Å². The molecule has 1 fully saturated rings. The maximum atomic E-state index is 13.3. The van der Waals surface area contributed by atoms with E-state index in [1.54, 1.807) is 12.1 Å². The van der Waals surface area contributed by atoms with Crippen molar-refractivity contribution in [2.45, 2.75) is 39.2 Å². The molecule has 5 nitrogen and oxygen atoms in total. The van der Waals surface area contributed by atoms with Crippen LogP contribution >= 0.6 is 0 Å². The van der Waals surface area contributed by atoms with Gasteiger partial charge in [0.25, 0.3) is 5.91 Å². The number of rotatable bonds is 5. The highest BCUT2D eigenvalue weighted by molar-refractivity contribution is 6.03. The summed E-state index contributed by atoms with van der Waals surface area (Å²) in [5.41, 5.74) is 4.30. The second-order valence-electron chi connectivity index (χ2n) is 8.61. The van der Waals surface area contributed by atoms with E-state index in [9.17, 15) is 4.79 Å². The van der Waals surface area contributed by atoms with Gasteiger partial charge in [-0.05, 0) is 62.0 Å². The van der Waals surface area contributed by atoms with Crippen LogP contribution in [-0.2, 0) is 4.79 Å². The highest BCUT2D eigenvalue weighted by atomic mass is 16.5. The first-order valence-corrected chi connectivity index (χ1v) is 10.9. The average molecular weight is 406 g/mol. The molecule has 2 aliphatic rings. The first kappa shape index (κ1) is 20.6. The number of likely N-dealkylation sites (tertiary alicyclic amines) is 1. The molecule has 0 aliphatic carbocycles. The van der Waals surface area contributed by atoms with E-state index in [1.165, 1.54) is 5.56 Å². The van der Waals surface area contributed by atoms with Gasteiger partial charge < -0.3 is 4.74 Å². The number of piperidine rings is 1. The molecule has 1 atom stereocenters. The third-order valence-electron chi connectivity index (χ3n) is 6.23. The first-order chi connectivity index (χ1) is 14.5. The van der Waals surface area contributed by atoms with Crippen molar-refractivity contribution < 1.29 is 9.53 Å². The van der Waals surface area contributed by atoms with Gasteiger partial charge >= 0.3 is 0 Å². The number of aryl methyl sites for hydroxylation is 1. The van der Waals surface area contributed by atoms with Gasteiger partial charge in [-0.25, -0.2) is 5.01 Å². The molecule has 2 aromatic carbocycles. The minimum atomic E-state index is -0.105. The topological polar surface area (TPSA) is 45.1 Å². The summed E-state index contributed by atoms with van der Waals surface area (Å²) in [6, 6.07) is 16.2. The highest BCUT2D eigenvalue weighted by Crippen LogP contribution is 2.34. The van der Waals surface area contributed by atoms with Crippen LogP contribution in [0.3, 0.4) is 0 Å². The number of hydrogen-bond donors (Lipinski definition) is 0. The van der Waals surface area contributed by atoms with Crippen molar-refractivity contribution in [1.29, 1.82) is 0 Å². The van der Waals surface area contributed by atoms with Crippen LogP contribution in [0.5, 0.6) is 5.75 Å². The molecule has 2 aliphatic heterocycles. The lowest BCUT2D eigenvalue weighted by Crippen LogP contribution is -2.41. The standard InChI is InChI=1S/C25H31N3O2/c1-18-10-12-27(13-11-18)17-25(29)28-24(21-8-5-9-22(15-21)30-3)16-23(26-28)20-7-4-6-19(2)14-20/h4-9,14-15,18,24H,10-13,16-17H2,1-3H3/t24-/m1/s1. The third kappa shape index (κ3) is 4.57. The average Bonchev–Trinajstić information content (AvgIpc) is 3.21. The van der Waals surface area contributed by atoms with Crippen molar-refractivity contribution in [1.82, 2.24) is 9.91 Å². The molecular weight excluding hydrogens is 374 g/mol. The van der Waals surface area contributed by atoms with Crippen LogP contribution in [0.1, 0.15) is 48.9 Å². The fourth-order valence-electron chi connectivity index (χ4n) is 4.33. The molecule has 4 rings (SSSR count). The van der Waals surface area contributed by atoms with E-state index in [2.05, 4.69) is 43.0 Å². The molecule has 2 heterocycles. The number of amides is 1. The zero-order valence-electron chi connectivity index (χ0n) is 18.2. The normalized spacial score (nSPS) is 20.3. The lowest BCUT2D eigenvalue weighted by Gasteiger charge is -2.31. The lowest BCUT2D eigenvalue weighted by atomic mass is 9.97. The molecule has 0 spiro atoms. The van der Waals surface area contributed by atoms with Gasteiger partial charge in [0.05, 0.1) is 25.4 Å². The Morgan fingerprint density at radius 1 is 1.13 bits per heavy atom. The largest absolute Gasteiger partial charge is 0.497 e. The number of methoxy groups -OCH3 is 1. The van der Waals surface area contributed by atoms with Crippen LogP contribution in [0.4, 0.5) is 0 Å². The molecule has 0 radical (unpaired) electrons. The van der Waals surface area contributed by atoms with Gasteiger partial charge in [-0.2, -0.15) is 5.10 Å². The SMILES string of the molecule is COc1cccc([C@H]2CC(c3cccc(C)c3)=NN2C(=O)CN2CCC(C)CC2)c1. The Morgan fingerprint density at radius 2 is 1.90 bits per heavy atom. The molecule has 0 N–H and O–H groups in total. The summed E-state index contributed by atoms with van der Waals surface area (Å²) < 4.78 is 5.42. The molecule has 1 amide bonds. The van der Waals surface area contributed by atoms with Crippen LogP contribution in [-0.4, -0.2) is 48.3 Å². The van der Waals surface area contributed by atoms with Gasteiger partial charge in [0.15, 0.2) is 0 Å². The van der Waals surface area contributed by atoms with Crippen LogP contribution in [0, 0.1) is 12.8 Å². The van der Waals surface area contributed by atoms with Crippen LogP contribution < -0.4 is 4.74 Å². The minimum Gasteiger partial charge on any atom is -0.497 e. The number of nitrogens with zero attached hydrogens (tertiary/aromatic N) is 3. The van der Waals surface area contributed by atoms with E-state index >= 15 is 0 Å². The Balaban J connectivity index is 1.60. The van der Waals surface area contributed by atoms with Gasteiger partial charge in [-0.15, -0.1) is 0 Å². The summed E-state index contributed by atoms with van der Waals surface area (Å²) in [4.78, 5) is 15.6. The predicted octanol–water partition coefficient (Wildman–Crippen LogP) is 4.41. The van der Waals surface area contributed by atoms with E-state index in [-0.39, 0.29) is 11.9 Å². The van der Waals surface area contributed by atoms with E-state index < -0.39 is 0 Å². The zero-order valence-corrected chi connectivity index (χ0v) is 18.2. The molecule has 0 aromatic heterocycles. The van der Waals surface area contributed by atoms with Crippen LogP contribution in [0.15, 0.2) is 53.6 Å². The van der Waals surface area contributed by atoms with Crippen molar-refractivity contribution >= 4 is 11.6 Å². The maximum Gasteiger partial charge on any atom is 0.257 e. The summed E-state index contributed by atoms with van der Waals surface area (Å²) >= 11 is 0. The minimum absolute atomic E-state index is 0.0695. The van der Waals surface area contributed by atoms with E-state index in [1.807, 2.05) is 24.3 Å². The van der Waals surface area contributed by atoms with Gasteiger partial charge in [0.2, 0.25) is 0 Å². The predicted molar refractivity (Wildman–Crippen MR) is 120 cm³/mol. The smallest absolute Gasteiger partial charge is 0.257 e. The maximum absolute atomic E-state index is 13.3. The molecule has 158 valence electrons. The van der Waals surface area contributed by atoms with Gasteiger partial charge in [0, 0.05) is 6.42 Å². The van der Waals surface area contributed by atoms with Crippen LogP contribution in [0.2, 0.25) is 0 Å². The molecule has 2 aromatic rings. The fraction of sp³-hybridized carbons (Fsp3) is 0.440. The Kier molecular flexibility index (Phi) is 6.18. The number of hydrazone groups is 1. The van der Waals surface area contributed by atoms with Crippen LogP contribution in [0.25, 0.3) is 0 Å². The number of hydrogen-bond acceptors (Lipinski definition) is 4. The van der Waals surface area contributed by atoms with E-state index in [4.69, 9.17) is 9.84 Å². The van der Waals surface area contributed by atoms with Gasteiger partial charge in [0.1, 0.15) is 5.75 Å². The first-order valence-electron chi connectivity index (χ1n) is 10.9. The summed E-state index contributed by atoms with van der Waals surface area (Å²) in [6.45, 7) is 6.77. The molecule has 0 bridgehead atoms. The molecule has 0 unspecified atom stereocenters. The van der Waals surface area contributed by atoms with E-state index in [0.29, 0.717) is 13.0 Å². The molecule has 1 saturated heterocycles. The summed E-state index contributed by atoms with van der Waals surface area (Å²) in [5, 5.41) is 6.54. The molecule has 5 heteroatoms. The summed E-state index contributed by atoms with van der Waals surface area (Å²) in [7, 11) is 1.67. The Morgan fingerprint density at radius 3 is 2.63 bits per heavy atom. The molecule has 0 saturated carbocycles. The number of benzene rings is 2. The van der Waals surface area contributed by atoms with Crippen molar-refractivity contribution in [2.24, 2.45) is 11.0 Å². The Labute approximate surface area is 179 Å². The number of ether oxygens (including phenoxy) is 1. The zero-order chi connectivity index (χ0) is 21.1. The van der Waals surface area contributed by atoms with E-state index in [0.717, 1.165) is 54.4 Å².